The summed E-state index contributed by atoms with van der Waals surface area (Å²) in [5.74, 6) is 1.30. The molecule has 0 bridgehead atoms. The van der Waals surface area contributed by atoms with E-state index in [9.17, 15) is 4.79 Å². The molecule has 4 heteroatoms. The van der Waals surface area contributed by atoms with E-state index in [0.29, 0.717) is 19.0 Å². The summed E-state index contributed by atoms with van der Waals surface area (Å²) in [5, 5.41) is 0. The molecule has 100 valence electrons. The monoisotopic (exact) mass is 258 g/mol. The molecule has 2 N–H and O–H groups in total. The van der Waals surface area contributed by atoms with Gasteiger partial charge in [-0.3, -0.25) is 4.79 Å². The number of hydrogen-bond acceptors (Lipinski definition) is 3. The van der Waals surface area contributed by atoms with Crippen LogP contribution in [0, 0.1) is 5.41 Å². The molecule has 0 spiro atoms. The second kappa shape index (κ2) is 6.64. The molecule has 17 heavy (non-hydrogen) atoms. The molecule has 1 amide bonds. The fourth-order valence-corrected chi connectivity index (χ4v) is 3.32. The first-order valence-electron chi connectivity index (χ1n) is 6.53. The van der Waals surface area contributed by atoms with Crippen molar-refractivity contribution in [3.05, 3.63) is 0 Å². The minimum Gasteiger partial charge on any atom is -0.342 e. The quantitative estimate of drug-likeness (QED) is 0.761. The molecule has 1 fully saturated rings. The summed E-state index contributed by atoms with van der Waals surface area (Å²) in [6.07, 6.45) is 7.25. The Morgan fingerprint density at radius 2 is 2.18 bits per heavy atom. The zero-order chi connectivity index (χ0) is 12.9. The van der Waals surface area contributed by atoms with Gasteiger partial charge in [0.2, 0.25) is 5.91 Å². The molecule has 0 aromatic heterocycles. The number of hydrogen-bond donors (Lipinski definition) is 1. The van der Waals surface area contributed by atoms with E-state index in [2.05, 4.69) is 13.2 Å². The van der Waals surface area contributed by atoms with Crippen molar-refractivity contribution in [3.8, 4) is 0 Å². The molecular formula is C13H26N2OS. The van der Waals surface area contributed by atoms with Crippen molar-refractivity contribution in [3.63, 3.8) is 0 Å². The van der Waals surface area contributed by atoms with Crippen LogP contribution in [0.1, 0.15) is 39.0 Å². The van der Waals surface area contributed by atoms with Crippen LogP contribution in [0.4, 0.5) is 0 Å². The van der Waals surface area contributed by atoms with Crippen molar-refractivity contribution in [2.75, 3.05) is 25.6 Å². The van der Waals surface area contributed by atoms with Gasteiger partial charge in [0.1, 0.15) is 0 Å². The Kier molecular flexibility index (Phi) is 5.80. The van der Waals surface area contributed by atoms with E-state index >= 15 is 0 Å². The molecule has 1 aliphatic rings. The van der Waals surface area contributed by atoms with Crippen molar-refractivity contribution >= 4 is 17.7 Å². The summed E-state index contributed by atoms with van der Waals surface area (Å²) in [5.41, 5.74) is 5.94. The third-order valence-corrected chi connectivity index (χ3v) is 4.86. The van der Waals surface area contributed by atoms with Crippen LogP contribution in [0.3, 0.4) is 0 Å². The van der Waals surface area contributed by atoms with Crippen LogP contribution in [-0.2, 0) is 4.79 Å². The van der Waals surface area contributed by atoms with Crippen LogP contribution in [-0.4, -0.2) is 42.4 Å². The minimum atomic E-state index is 0.128. The number of nitrogens with zero attached hydrogens (tertiary/aromatic N) is 1. The van der Waals surface area contributed by atoms with Gasteiger partial charge in [-0.2, -0.15) is 11.8 Å². The number of carbonyl (C=O) groups excluding carboxylic acids is 1. The predicted molar refractivity (Wildman–Crippen MR) is 75.2 cm³/mol. The average Bonchev–Trinajstić information content (AvgIpc) is 2.29. The highest BCUT2D eigenvalue weighted by Crippen LogP contribution is 2.43. The van der Waals surface area contributed by atoms with Crippen LogP contribution in [0.2, 0.25) is 0 Å². The predicted octanol–water partition coefficient (Wildman–Crippen LogP) is 2.11. The summed E-state index contributed by atoms with van der Waals surface area (Å²) in [6, 6.07) is 0.368. The van der Waals surface area contributed by atoms with Gasteiger partial charge in [0.15, 0.2) is 0 Å². The second-order valence-corrected chi connectivity index (χ2v) is 6.17. The number of amides is 1. The van der Waals surface area contributed by atoms with Gasteiger partial charge < -0.3 is 10.6 Å². The lowest BCUT2D eigenvalue weighted by molar-refractivity contribution is -0.135. The maximum Gasteiger partial charge on any atom is 0.223 e. The summed E-state index contributed by atoms with van der Waals surface area (Å²) < 4.78 is 0. The molecule has 3 nitrogen and oxygen atoms in total. The van der Waals surface area contributed by atoms with Crippen molar-refractivity contribution in [2.24, 2.45) is 11.1 Å². The Balaban J connectivity index is 2.50. The first-order valence-corrected chi connectivity index (χ1v) is 7.92. The van der Waals surface area contributed by atoms with Gasteiger partial charge in [0, 0.05) is 25.3 Å². The first-order chi connectivity index (χ1) is 8.08. The Morgan fingerprint density at radius 3 is 2.53 bits per heavy atom. The molecule has 1 unspecified atom stereocenters. The summed E-state index contributed by atoms with van der Waals surface area (Å²) in [7, 11) is 1.94. The van der Waals surface area contributed by atoms with Gasteiger partial charge in [0.05, 0.1) is 0 Å². The van der Waals surface area contributed by atoms with E-state index in [1.54, 1.807) is 11.8 Å². The van der Waals surface area contributed by atoms with E-state index in [-0.39, 0.29) is 11.3 Å². The molecule has 0 saturated heterocycles. The van der Waals surface area contributed by atoms with Crippen LogP contribution >= 0.6 is 11.8 Å². The summed E-state index contributed by atoms with van der Waals surface area (Å²) in [6.45, 7) is 2.80. The lowest BCUT2D eigenvalue weighted by Gasteiger charge is -2.42. The zero-order valence-corrected chi connectivity index (χ0v) is 12.2. The molecule has 0 radical (unpaired) electrons. The van der Waals surface area contributed by atoms with Crippen molar-refractivity contribution in [2.45, 2.75) is 45.1 Å². The van der Waals surface area contributed by atoms with Gasteiger partial charge >= 0.3 is 0 Å². The van der Waals surface area contributed by atoms with Crippen LogP contribution in [0.25, 0.3) is 0 Å². The molecule has 1 saturated carbocycles. The highest BCUT2D eigenvalue weighted by atomic mass is 32.2. The van der Waals surface area contributed by atoms with Gasteiger partial charge in [-0.1, -0.05) is 13.3 Å². The standard InChI is InChI=1S/C13H26N2OS/c1-4-11(9-17-3)15(2)12(16)8-13(10-14)6-5-7-13/h11H,4-10,14H2,1-3H3. The van der Waals surface area contributed by atoms with Crippen molar-refractivity contribution in [1.82, 2.24) is 4.90 Å². The van der Waals surface area contributed by atoms with Gasteiger partial charge in [-0.05, 0) is 37.5 Å². The normalized spacial score (nSPS) is 19.5. The minimum absolute atomic E-state index is 0.128. The highest BCUT2D eigenvalue weighted by Gasteiger charge is 2.38. The summed E-state index contributed by atoms with van der Waals surface area (Å²) >= 11 is 1.80. The van der Waals surface area contributed by atoms with Crippen LogP contribution in [0.15, 0.2) is 0 Å². The van der Waals surface area contributed by atoms with Crippen LogP contribution in [0.5, 0.6) is 0 Å². The molecule has 1 rings (SSSR count). The van der Waals surface area contributed by atoms with E-state index < -0.39 is 0 Å². The zero-order valence-electron chi connectivity index (χ0n) is 11.4. The SMILES string of the molecule is CCC(CSC)N(C)C(=O)CC1(CN)CCC1. The largest absolute Gasteiger partial charge is 0.342 e. The third kappa shape index (κ3) is 3.62. The molecule has 0 aromatic rings. The van der Waals surface area contributed by atoms with Gasteiger partial charge in [-0.15, -0.1) is 0 Å². The number of nitrogens with two attached hydrogens (primary N) is 1. The maximum absolute atomic E-state index is 12.2. The topological polar surface area (TPSA) is 46.3 Å². The smallest absolute Gasteiger partial charge is 0.223 e. The van der Waals surface area contributed by atoms with Gasteiger partial charge in [-0.25, -0.2) is 0 Å². The Bertz CT molecular complexity index is 248. The number of carbonyl (C=O) groups is 1. The molecule has 0 aromatic carbocycles. The number of rotatable bonds is 7. The first kappa shape index (κ1) is 14.8. The third-order valence-electron chi connectivity index (χ3n) is 4.14. The Hall–Kier alpha value is -0.220. The van der Waals surface area contributed by atoms with Crippen molar-refractivity contribution < 1.29 is 4.79 Å². The Morgan fingerprint density at radius 1 is 1.53 bits per heavy atom. The molecule has 0 heterocycles. The molecule has 0 aliphatic heterocycles. The second-order valence-electron chi connectivity index (χ2n) is 5.26. The lowest BCUT2D eigenvalue weighted by Crippen LogP contribution is -2.45. The molecular weight excluding hydrogens is 232 g/mol. The fraction of sp³-hybridized carbons (Fsp3) is 0.923. The van der Waals surface area contributed by atoms with E-state index in [1.807, 2.05) is 11.9 Å². The molecule has 1 aliphatic carbocycles. The van der Waals surface area contributed by atoms with Crippen molar-refractivity contribution in [1.29, 1.82) is 0 Å². The van der Waals surface area contributed by atoms with Crippen LogP contribution < -0.4 is 5.73 Å². The van der Waals surface area contributed by atoms with Gasteiger partial charge in [0.25, 0.3) is 0 Å². The van der Waals surface area contributed by atoms with E-state index in [4.69, 9.17) is 5.73 Å². The maximum atomic E-state index is 12.2. The average molecular weight is 258 g/mol. The van der Waals surface area contributed by atoms with E-state index in [0.717, 1.165) is 25.0 Å². The lowest BCUT2D eigenvalue weighted by atomic mass is 9.66. The summed E-state index contributed by atoms with van der Waals surface area (Å²) in [4.78, 5) is 14.2. The molecule has 1 atom stereocenters. The fourth-order valence-electron chi connectivity index (χ4n) is 2.47. The number of thioether (sulfide) groups is 1. The van der Waals surface area contributed by atoms with E-state index in [1.165, 1.54) is 6.42 Å². The highest BCUT2D eigenvalue weighted by molar-refractivity contribution is 7.98. The Labute approximate surface area is 109 Å².